The molecule has 1 nitrogen and oxygen atoms in total. The summed E-state index contributed by atoms with van der Waals surface area (Å²) in [5, 5.41) is 2.10. The lowest BCUT2D eigenvalue weighted by atomic mass is 9.78. The largest absolute Gasteiger partial charge is 0.309 e. The minimum absolute atomic E-state index is 0.189. The topological polar surface area (TPSA) is 4.93 Å². The smallest absolute Gasteiger partial charge is 0.0629 e. The third kappa shape index (κ3) is 3.56. The number of fused-ring (bicyclic) bond motifs is 3. The molecule has 0 unspecified atom stereocenters. The van der Waals surface area contributed by atoms with Gasteiger partial charge in [0.15, 0.2) is 0 Å². The molecule has 0 radical (unpaired) electrons. The van der Waals surface area contributed by atoms with Gasteiger partial charge in [0, 0.05) is 16.5 Å². The molecule has 6 aromatic rings. The number of hydrogen-bond acceptors (Lipinski definition) is 0. The molecule has 0 fully saturated rings. The van der Waals surface area contributed by atoms with Crippen LogP contribution in [0.15, 0.2) is 121 Å². The summed E-state index contributed by atoms with van der Waals surface area (Å²) in [5.74, 6) is 0. The molecule has 6 rings (SSSR count). The third-order valence-electron chi connectivity index (χ3n) is 6.58. The summed E-state index contributed by atoms with van der Waals surface area (Å²) in [5.41, 5.74) is 6.68. The van der Waals surface area contributed by atoms with Crippen LogP contribution >= 0.6 is 0 Å². The normalized spacial score (nSPS) is 13.9. The van der Waals surface area contributed by atoms with E-state index < -0.39 is 5.41 Å². The van der Waals surface area contributed by atoms with Crippen molar-refractivity contribution in [2.24, 2.45) is 0 Å². The molecule has 1 heteroatoms. The Balaban J connectivity index is 1.88. The van der Waals surface area contributed by atoms with Gasteiger partial charge in [0.1, 0.15) is 0 Å². The van der Waals surface area contributed by atoms with E-state index in [0.29, 0.717) is 5.56 Å². The molecular formula is C34H29N. The molecule has 0 aliphatic carbocycles. The quantitative estimate of drug-likeness (QED) is 0.250. The zero-order chi connectivity index (χ0) is 28.3. The average Bonchev–Trinajstić information content (AvgIpc) is 3.29. The molecule has 5 aromatic carbocycles. The van der Waals surface area contributed by atoms with E-state index in [0.717, 1.165) is 44.2 Å². The molecule has 1 aromatic heterocycles. The van der Waals surface area contributed by atoms with Crippen LogP contribution in [0.1, 0.15) is 33.2 Å². The number of para-hydroxylation sites is 1. The predicted octanol–water partition coefficient (Wildman–Crippen LogP) is 9.42. The SMILES string of the molecule is [2H]c1c([2H])c([2H])c(-c2ccc3c(c2C(C)(C)C)c2c(-c4ccccc4)cccc2n3-c2ccccc2)c([2H])c1[2H]. The van der Waals surface area contributed by atoms with Crippen molar-refractivity contribution >= 4 is 21.8 Å². The van der Waals surface area contributed by atoms with Gasteiger partial charge in [-0.05, 0) is 57.5 Å². The highest BCUT2D eigenvalue weighted by molar-refractivity contribution is 6.18. The molecule has 0 aliphatic heterocycles. The first-order valence-corrected chi connectivity index (χ1v) is 11.9. The van der Waals surface area contributed by atoms with Crippen LogP contribution in [0, 0.1) is 0 Å². The first-order valence-electron chi connectivity index (χ1n) is 14.4. The lowest BCUT2D eigenvalue weighted by Crippen LogP contribution is -2.13. The van der Waals surface area contributed by atoms with Gasteiger partial charge in [-0.15, -0.1) is 0 Å². The first-order chi connectivity index (χ1) is 19.1. The van der Waals surface area contributed by atoms with E-state index in [4.69, 9.17) is 6.85 Å². The Kier molecular flexibility index (Phi) is 3.91. The van der Waals surface area contributed by atoms with Crippen LogP contribution in [0.2, 0.25) is 0 Å². The summed E-state index contributed by atoms with van der Waals surface area (Å²) >= 11 is 0. The van der Waals surface area contributed by atoms with Crippen LogP contribution in [0.3, 0.4) is 0 Å². The van der Waals surface area contributed by atoms with Crippen molar-refractivity contribution in [2.45, 2.75) is 26.2 Å². The zero-order valence-corrected chi connectivity index (χ0v) is 20.1. The highest BCUT2D eigenvalue weighted by Gasteiger charge is 2.27. The Hall–Kier alpha value is -4.10. The predicted molar refractivity (Wildman–Crippen MR) is 150 cm³/mol. The van der Waals surface area contributed by atoms with Gasteiger partial charge in [-0.3, -0.25) is 0 Å². The van der Waals surface area contributed by atoms with Crippen molar-refractivity contribution in [1.82, 2.24) is 4.57 Å². The average molecular weight is 457 g/mol. The van der Waals surface area contributed by atoms with Crippen molar-refractivity contribution in [1.29, 1.82) is 0 Å². The molecule has 170 valence electrons. The van der Waals surface area contributed by atoms with Crippen LogP contribution in [-0.4, -0.2) is 4.57 Å². The zero-order valence-electron chi connectivity index (χ0n) is 25.1. The first kappa shape index (κ1) is 16.5. The fraction of sp³-hybridized carbons (Fsp3) is 0.118. The standard InChI is InChI=1S/C34H29N/c1-34(2,3)33-28(25-16-9-5-10-17-25)22-23-30-32(33)31-27(24-14-7-4-8-15-24)20-13-21-29(31)35(30)26-18-11-6-12-19-26/h4-23H,1-3H3/i5D,9D,10D,16D,17D. The molecule has 0 bridgehead atoms. The molecule has 0 saturated heterocycles. The van der Waals surface area contributed by atoms with Crippen LogP contribution in [0.4, 0.5) is 0 Å². The molecule has 0 amide bonds. The van der Waals surface area contributed by atoms with E-state index in [2.05, 4.69) is 67.8 Å². The molecule has 1 heterocycles. The fourth-order valence-electron chi connectivity index (χ4n) is 5.24. The third-order valence-corrected chi connectivity index (χ3v) is 6.58. The maximum Gasteiger partial charge on any atom is 0.0629 e. The van der Waals surface area contributed by atoms with Crippen molar-refractivity contribution in [2.75, 3.05) is 0 Å². The Morgan fingerprint density at radius 1 is 0.571 bits per heavy atom. The second-order valence-corrected chi connectivity index (χ2v) is 9.87. The van der Waals surface area contributed by atoms with Gasteiger partial charge in [0.05, 0.1) is 17.9 Å². The van der Waals surface area contributed by atoms with Crippen LogP contribution in [0.25, 0.3) is 49.7 Å². The minimum Gasteiger partial charge on any atom is -0.309 e. The maximum absolute atomic E-state index is 8.78. The van der Waals surface area contributed by atoms with Gasteiger partial charge >= 0.3 is 0 Å². The van der Waals surface area contributed by atoms with E-state index in [1.165, 1.54) is 0 Å². The van der Waals surface area contributed by atoms with Crippen molar-refractivity contribution in [3.63, 3.8) is 0 Å². The molecule has 0 N–H and O–H groups in total. The molecular weight excluding hydrogens is 422 g/mol. The number of benzene rings is 5. The lowest BCUT2D eigenvalue weighted by Gasteiger charge is -2.25. The van der Waals surface area contributed by atoms with Gasteiger partial charge in [0.2, 0.25) is 0 Å². The van der Waals surface area contributed by atoms with E-state index in [1.807, 2.05) is 48.5 Å². The van der Waals surface area contributed by atoms with Gasteiger partial charge in [-0.25, -0.2) is 0 Å². The highest BCUT2D eigenvalue weighted by Crippen LogP contribution is 2.46. The molecule has 35 heavy (non-hydrogen) atoms. The van der Waals surface area contributed by atoms with Gasteiger partial charge in [0.25, 0.3) is 0 Å². The molecule has 0 saturated carbocycles. The molecule has 0 aliphatic rings. The summed E-state index contributed by atoms with van der Waals surface area (Å²) in [7, 11) is 0. The summed E-state index contributed by atoms with van der Waals surface area (Å²) in [6, 6.07) is 29.4. The van der Waals surface area contributed by atoms with Crippen molar-refractivity contribution in [3.8, 4) is 27.9 Å². The van der Waals surface area contributed by atoms with Crippen LogP contribution in [0.5, 0.6) is 0 Å². The summed E-state index contributed by atoms with van der Waals surface area (Å²) in [6.45, 7) is 6.37. The van der Waals surface area contributed by atoms with Gasteiger partial charge < -0.3 is 4.57 Å². The van der Waals surface area contributed by atoms with Gasteiger partial charge in [-0.2, -0.15) is 0 Å². The van der Waals surface area contributed by atoms with Crippen molar-refractivity contribution in [3.05, 3.63) is 127 Å². The lowest BCUT2D eigenvalue weighted by molar-refractivity contribution is 0.598. The van der Waals surface area contributed by atoms with E-state index in [9.17, 15) is 0 Å². The number of rotatable bonds is 3. The Labute approximate surface area is 214 Å². The van der Waals surface area contributed by atoms with E-state index >= 15 is 0 Å². The van der Waals surface area contributed by atoms with Crippen molar-refractivity contribution < 1.29 is 6.85 Å². The fourth-order valence-corrected chi connectivity index (χ4v) is 5.24. The Morgan fingerprint density at radius 3 is 1.91 bits per heavy atom. The second kappa shape index (κ2) is 8.29. The van der Waals surface area contributed by atoms with E-state index in [-0.39, 0.29) is 35.8 Å². The summed E-state index contributed by atoms with van der Waals surface area (Å²) < 4.78 is 44.7. The summed E-state index contributed by atoms with van der Waals surface area (Å²) in [4.78, 5) is 0. The van der Waals surface area contributed by atoms with E-state index in [1.54, 1.807) is 0 Å². The maximum atomic E-state index is 8.78. The number of nitrogens with zero attached hydrogens (tertiary/aromatic N) is 1. The van der Waals surface area contributed by atoms with Crippen LogP contribution < -0.4 is 0 Å². The minimum atomic E-state index is -0.419. The summed E-state index contributed by atoms with van der Waals surface area (Å²) in [6.07, 6.45) is 0. The van der Waals surface area contributed by atoms with Crippen LogP contribution in [-0.2, 0) is 5.41 Å². The second-order valence-electron chi connectivity index (χ2n) is 9.87. The molecule has 0 atom stereocenters. The Morgan fingerprint density at radius 2 is 1.23 bits per heavy atom. The Bertz CT molecular complexity index is 1890. The number of aromatic nitrogens is 1. The monoisotopic (exact) mass is 456 g/mol. The number of hydrogen-bond donors (Lipinski definition) is 0. The van der Waals surface area contributed by atoms with Gasteiger partial charge in [-0.1, -0.05) is 118 Å². The molecule has 0 spiro atoms. The highest BCUT2D eigenvalue weighted by atomic mass is 15.0.